The maximum atomic E-state index is 12.8. The van der Waals surface area contributed by atoms with Gasteiger partial charge in [-0.25, -0.2) is 8.42 Å². The molecular weight excluding hydrogens is 352 g/mol. The molecule has 1 unspecified atom stereocenters. The van der Waals surface area contributed by atoms with E-state index >= 15 is 0 Å². The first-order chi connectivity index (χ1) is 12.2. The van der Waals surface area contributed by atoms with E-state index in [1.54, 1.807) is 13.0 Å². The second-order valence-corrected chi connectivity index (χ2v) is 8.74. The van der Waals surface area contributed by atoms with Crippen molar-refractivity contribution in [3.8, 4) is 11.3 Å². The molecule has 3 rings (SSSR count). The number of allylic oxidation sites excluding steroid dienone is 1. The van der Waals surface area contributed by atoms with Gasteiger partial charge in [0.05, 0.1) is 16.3 Å². The van der Waals surface area contributed by atoms with E-state index in [2.05, 4.69) is 13.2 Å². The van der Waals surface area contributed by atoms with Crippen molar-refractivity contribution in [2.24, 2.45) is 0 Å². The van der Waals surface area contributed by atoms with E-state index in [0.29, 0.717) is 30.9 Å². The molecule has 7 heteroatoms. The zero-order valence-corrected chi connectivity index (χ0v) is 15.5. The molecule has 0 spiro atoms. The summed E-state index contributed by atoms with van der Waals surface area (Å²) in [6.07, 6.45) is 7.24. The number of nitrogens with zero attached hydrogens (tertiary/aromatic N) is 2. The Morgan fingerprint density at radius 3 is 2.73 bits per heavy atom. The first-order valence-electron chi connectivity index (χ1n) is 8.32. The van der Waals surface area contributed by atoms with Crippen LogP contribution in [0.5, 0.6) is 0 Å². The second-order valence-electron chi connectivity index (χ2n) is 6.74. The van der Waals surface area contributed by atoms with Crippen LogP contribution in [0.25, 0.3) is 11.3 Å². The Morgan fingerprint density at radius 1 is 1.38 bits per heavy atom. The van der Waals surface area contributed by atoms with Crippen LogP contribution in [-0.4, -0.2) is 34.4 Å². The van der Waals surface area contributed by atoms with Crippen molar-refractivity contribution in [1.29, 1.82) is 0 Å². The largest absolute Gasteiger partial charge is 0.481 e. The summed E-state index contributed by atoms with van der Waals surface area (Å²) in [5, 5.41) is 9.68. The summed E-state index contributed by atoms with van der Waals surface area (Å²) in [6.45, 7) is 9.95. The van der Waals surface area contributed by atoms with E-state index < -0.39 is 21.2 Å². The van der Waals surface area contributed by atoms with Crippen LogP contribution in [0.3, 0.4) is 0 Å². The number of rotatable bonds is 7. The smallest absolute Gasteiger partial charge is 0.315 e. The normalized spacial score (nSPS) is 19.3. The summed E-state index contributed by atoms with van der Waals surface area (Å²) in [4.78, 5) is 12.0. The summed E-state index contributed by atoms with van der Waals surface area (Å²) >= 11 is 0. The van der Waals surface area contributed by atoms with Gasteiger partial charge in [0.25, 0.3) is 0 Å². The average Bonchev–Trinajstić information content (AvgIpc) is 3.23. The first kappa shape index (κ1) is 18.3. The average molecular weight is 374 g/mol. The van der Waals surface area contributed by atoms with E-state index in [9.17, 15) is 18.3 Å². The standard InChI is InChI=1S/C19H22N2O4S/c1-4-8-20-9-6-14(13-20)17-15(26(24,25)11-5-2)12-16-19(3,18(22)23)7-10-21(16)17/h4-6,9,12-13H,1-2,7-8,10-11H2,3H3,(H,22,23). The fourth-order valence-electron chi connectivity index (χ4n) is 3.52. The van der Waals surface area contributed by atoms with Gasteiger partial charge in [-0.1, -0.05) is 12.2 Å². The van der Waals surface area contributed by atoms with Crippen LogP contribution in [-0.2, 0) is 33.1 Å². The lowest BCUT2D eigenvalue weighted by molar-refractivity contribution is -0.143. The van der Waals surface area contributed by atoms with E-state index in [1.807, 2.05) is 27.6 Å². The van der Waals surface area contributed by atoms with Crippen molar-refractivity contribution in [3.63, 3.8) is 0 Å². The van der Waals surface area contributed by atoms with Crippen LogP contribution < -0.4 is 0 Å². The van der Waals surface area contributed by atoms with E-state index in [4.69, 9.17) is 0 Å². The van der Waals surface area contributed by atoms with Crippen LogP contribution in [0.1, 0.15) is 19.0 Å². The molecule has 138 valence electrons. The molecule has 2 aromatic heterocycles. The molecule has 0 radical (unpaired) electrons. The van der Waals surface area contributed by atoms with E-state index in [1.165, 1.54) is 12.1 Å². The molecule has 0 saturated heterocycles. The summed E-state index contributed by atoms with van der Waals surface area (Å²) < 4.78 is 29.3. The summed E-state index contributed by atoms with van der Waals surface area (Å²) in [7, 11) is -3.61. The lowest BCUT2D eigenvalue weighted by Gasteiger charge is -2.16. The van der Waals surface area contributed by atoms with Gasteiger partial charge >= 0.3 is 5.97 Å². The van der Waals surface area contributed by atoms with Gasteiger partial charge in [-0.15, -0.1) is 13.2 Å². The minimum Gasteiger partial charge on any atom is -0.481 e. The quantitative estimate of drug-likeness (QED) is 0.756. The predicted octanol–water partition coefficient (Wildman–Crippen LogP) is 2.85. The maximum absolute atomic E-state index is 12.8. The molecule has 1 aliphatic rings. The Kier molecular flexibility index (Phi) is 4.44. The lowest BCUT2D eigenvalue weighted by atomic mass is 9.86. The molecule has 26 heavy (non-hydrogen) atoms. The van der Waals surface area contributed by atoms with E-state index in [-0.39, 0.29) is 10.6 Å². The van der Waals surface area contributed by atoms with Crippen molar-refractivity contribution >= 4 is 15.8 Å². The fraction of sp³-hybridized carbons (Fsp3) is 0.316. The van der Waals surface area contributed by atoms with Crippen LogP contribution >= 0.6 is 0 Å². The van der Waals surface area contributed by atoms with Crippen molar-refractivity contribution in [2.75, 3.05) is 5.75 Å². The number of carboxylic acid groups (broad SMARTS) is 1. The highest BCUT2D eigenvalue weighted by atomic mass is 32.2. The highest BCUT2D eigenvalue weighted by Gasteiger charge is 2.45. The van der Waals surface area contributed by atoms with Gasteiger partial charge in [-0.05, 0) is 25.5 Å². The minimum absolute atomic E-state index is 0.163. The van der Waals surface area contributed by atoms with Crippen LogP contribution in [0, 0.1) is 0 Å². The summed E-state index contributed by atoms with van der Waals surface area (Å²) in [5.74, 6) is -1.14. The molecule has 0 bridgehead atoms. The van der Waals surface area contributed by atoms with Gasteiger partial charge in [0.15, 0.2) is 9.84 Å². The Labute approximate surface area is 153 Å². The number of aromatic nitrogens is 2. The number of aliphatic carboxylic acids is 1. The Hall–Kier alpha value is -2.54. The minimum atomic E-state index is -3.61. The molecule has 3 heterocycles. The van der Waals surface area contributed by atoms with Gasteiger partial charge in [-0.2, -0.15) is 0 Å². The predicted molar refractivity (Wildman–Crippen MR) is 99.9 cm³/mol. The van der Waals surface area contributed by atoms with Gasteiger partial charge in [-0.3, -0.25) is 4.79 Å². The van der Waals surface area contributed by atoms with Gasteiger partial charge in [0.1, 0.15) is 5.41 Å². The van der Waals surface area contributed by atoms with Crippen molar-refractivity contribution in [1.82, 2.24) is 9.13 Å². The van der Waals surface area contributed by atoms with Gasteiger partial charge in [0.2, 0.25) is 0 Å². The highest BCUT2D eigenvalue weighted by molar-refractivity contribution is 7.91. The Morgan fingerprint density at radius 2 is 2.12 bits per heavy atom. The molecule has 2 aromatic rings. The molecule has 0 saturated carbocycles. The SMILES string of the molecule is C=CCn1ccc(-c2c(S(=O)(=O)CC=C)cc3n2CCC3(C)C(=O)O)c1. The number of carbonyl (C=O) groups is 1. The lowest BCUT2D eigenvalue weighted by Crippen LogP contribution is -2.29. The zero-order chi connectivity index (χ0) is 19.1. The summed E-state index contributed by atoms with van der Waals surface area (Å²) in [5.41, 5.74) is 0.726. The van der Waals surface area contributed by atoms with Crippen molar-refractivity contribution in [2.45, 2.75) is 36.7 Å². The topological polar surface area (TPSA) is 81.3 Å². The molecule has 1 aliphatic heterocycles. The Bertz CT molecular complexity index is 997. The number of hydrogen-bond acceptors (Lipinski definition) is 3. The second kappa shape index (κ2) is 6.32. The molecule has 0 amide bonds. The highest BCUT2D eigenvalue weighted by Crippen LogP contribution is 2.43. The van der Waals surface area contributed by atoms with Crippen LogP contribution in [0.4, 0.5) is 0 Å². The number of fused-ring (bicyclic) bond motifs is 1. The summed E-state index contributed by atoms with van der Waals surface area (Å²) in [6, 6.07) is 3.37. The van der Waals surface area contributed by atoms with Crippen molar-refractivity contribution < 1.29 is 18.3 Å². The number of sulfone groups is 1. The maximum Gasteiger partial charge on any atom is 0.315 e. The fourth-order valence-corrected chi connectivity index (χ4v) is 4.82. The third-order valence-corrected chi connectivity index (χ3v) is 6.63. The van der Waals surface area contributed by atoms with Crippen LogP contribution in [0.2, 0.25) is 0 Å². The molecule has 0 fully saturated rings. The third-order valence-electron chi connectivity index (χ3n) is 4.97. The molecule has 1 N–H and O–H groups in total. The zero-order valence-electron chi connectivity index (χ0n) is 14.7. The van der Waals surface area contributed by atoms with E-state index in [0.717, 1.165) is 5.56 Å². The third kappa shape index (κ3) is 2.72. The van der Waals surface area contributed by atoms with Crippen molar-refractivity contribution in [3.05, 3.63) is 55.5 Å². The number of carboxylic acids is 1. The van der Waals surface area contributed by atoms with Crippen LogP contribution in [0.15, 0.2) is 54.7 Å². The first-order valence-corrected chi connectivity index (χ1v) is 9.98. The van der Waals surface area contributed by atoms with Gasteiger partial charge in [0, 0.05) is 36.7 Å². The number of hydrogen-bond donors (Lipinski definition) is 1. The molecule has 6 nitrogen and oxygen atoms in total. The molecule has 0 aliphatic carbocycles. The molecule has 0 aromatic carbocycles. The molecule has 1 atom stereocenters. The molecular formula is C19H22N2O4S. The van der Waals surface area contributed by atoms with Gasteiger partial charge < -0.3 is 14.2 Å². The Balaban J connectivity index is 2.26. The monoisotopic (exact) mass is 374 g/mol.